The van der Waals surface area contributed by atoms with Crippen LogP contribution in [-0.2, 0) is 6.42 Å². The number of nitrogens with two attached hydrogens (primary N) is 1. The number of rotatable bonds is 4. The van der Waals surface area contributed by atoms with Crippen molar-refractivity contribution in [1.29, 1.82) is 0 Å². The van der Waals surface area contributed by atoms with E-state index in [0.29, 0.717) is 0 Å². The lowest BCUT2D eigenvalue weighted by Crippen LogP contribution is -2.30. The van der Waals surface area contributed by atoms with Crippen LogP contribution >= 0.6 is 0 Å². The van der Waals surface area contributed by atoms with Crippen LogP contribution in [0.3, 0.4) is 0 Å². The van der Waals surface area contributed by atoms with Gasteiger partial charge in [-0.05, 0) is 61.6 Å². The van der Waals surface area contributed by atoms with Crippen molar-refractivity contribution in [3.8, 4) is 0 Å². The van der Waals surface area contributed by atoms with Crippen molar-refractivity contribution < 1.29 is 4.39 Å². The smallest absolute Gasteiger partial charge is 0.123 e. The number of hydrogen-bond donors (Lipinski definition) is 2. The van der Waals surface area contributed by atoms with E-state index in [9.17, 15) is 4.39 Å². The Morgan fingerprint density at radius 1 is 1.05 bits per heavy atom. The van der Waals surface area contributed by atoms with Crippen LogP contribution in [-0.4, -0.2) is 0 Å². The van der Waals surface area contributed by atoms with Crippen LogP contribution in [0.4, 0.5) is 4.39 Å². The third kappa shape index (κ3) is 3.24. The van der Waals surface area contributed by atoms with Crippen molar-refractivity contribution in [3.05, 3.63) is 70.0 Å². The molecule has 0 aromatic heterocycles. The fourth-order valence-corrected chi connectivity index (χ4v) is 2.50. The molecule has 0 heterocycles. The number of hydrazine groups is 1. The maximum atomic E-state index is 13.2. The fraction of sp³-hybridized carbons (Fsp3) is 0.294. The highest BCUT2D eigenvalue weighted by atomic mass is 19.1. The van der Waals surface area contributed by atoms with Gasteiger partial charge in [0, 0.05) is 0 Å². The van der Waals surface area contributed by atoms with Crippen LogP contribution in [0.1, 0.15) is 33.9 Å². The normalized spacial score (nSPS) is 12.4. The summed E-state index contributed by atoms with van der Waals surface area (Å²) in [6, 6.07) is 11.3. The summed E-state index contributed by atoms with van der Waals surface area (Å²) in [6.45, 7) is 6.07. The Balaban J connectivity index is 2.31. The molecule has 1 unspecified atom stereocenters. The molecule has 3 N–H and O–H groups in total. The Hall–Kier alpha value is -1.71. The molecule has 0 aliphatic rings. The molecule has 2 nitrogen and oxygen atoms in total. The predicted molar refractivity (Wildman–Crippen MR) is 80.8 cm³/mol. The highest BCUT2D eigenvalue weighted by Crippen LogP contribution is 2.24. The van der Waals surface area contributed by atoms with Gasteiger partial charge in [0.15, 0.2) is 0 Å². The second-order valence-corrected chi connectivity index (χ2v) is 5.35. The molecular weight excluding hydrogens is 251 g/mol. The lowest BCUT2D eigenvalue weighted by Gasteiger charge is -2.20. The minimum Gasteiger partial charge on any atom is -0.271 e. The van der Waals surface area contributed by atoms with Gasteiger partial charge in [0.05, 0.1) is 6.04 Å². The highest BCUT2D eigenvalue weighted by molar-refractivity contribution is 5.35. The standard InChI is InChI=1S/C17H21FN2/c1-11-4-5-12(2)16(8-11)17(20-19)10-14-6-7-15(18)9-13(14)3/h4-9,17,20H,10,19H2,1-3H3. The van der Waals surface area contributed by atoms with Crippen molar-refractivity contribution in [2.24, 2.45) is 5.84 Å². The quantitative estimate of drug-likeness (QED) is 0.660. The molecule has 2 aromatic carbocycles. The van der Waals surface area contributed by atoms with Crippen LogP contribution in [0.2, 0.25) is 0 Å². The molecular formula is C17H21FN2. The molecule has 0 amide bonds. The molecule has 0 aliphatic carbocycles. The molecule has 2 rings (SSSR count). The summed E-state index contributed by atoms with van der Waals surface area (Å²) in [5.74, 6) is 5.53. The Morgan fingerprint density at radius 3 is 2.45 bits per heavy atom. The second-order valence-electron chi connectivity index (χ2n) is 5.35. The average molecular weight is 272 g/mol. The van der Waals surface area contributed by atoms with Crippen LogP contribution in [0.5, 0.6) is 0 Å². The maximum Gasteiger partial charge on any atom is 0.123 e. The molecule has 0 bridgehead atoms. The second kappa shape index (κ2) is 6.16. The Kier molecular flexibility index (Phi) is 4.53. The Bertz CT molecular complexity index is 608. The van der Waals surface area contributed by atoms with Crippen LogP contribution in [0.25, 0.3) is 0 Å². The first-order chi connectivity index (χ1) is 9.51. The van der Waals surface area contributed by atoms with E-state index in [1.807, 2.05) is 13.0 Å². The van der Waals surface area contributed by atoms with Crippen molar-refractivity contribution in [3.63, 3.8) is 0 Å². The van der Waals surface area contributed by atoms with Gasteiger partial charge in [0.1, 0.15) is 5.82 Å². The van der Waals surface area contributed by atoms with Gasteiger partial charge in [-0.3, -0.25) is 11.3 Å². The van der Waals surface area contributed by atoms with Crippen LogP contribution in [0.15, 0.2) is 36.4 Å². The number of aryl methyl sites for hydroxylation is 3. The summed E-state index contributed by atoms with van der Waals surface area (Å²) >= 11 is 0. The predicted octanol–water partition coefficient (Wildman–Crippen LogP) is 3.50. The summed E-state index contributed by atoms with van der Waals surface area (Å²) in [7, 11) is 0. The van der Waals surface area contributed by atoms with Gasteiger partial charge in [-0.25, -0.2) is 4.39 Å². The molecule has 1 atom stereocenters. The minimum absolute atomic E-state index is 0.0269. The van der Waals surface area contributed by atoms with Gasteiger partial charge in [0.25, 0.3) is 0 Å². The summed E-state index contributed by atoms with van der Waals surface area (Å²) in [5, 5.41) is 0. The summed E-state index contributed by atoms with van der Waals surface area (Å²) < 4.78 is 13.2. The molecule has 0 saturated carbocycles. The summed E-state index contributed by atoms with van der Waals surface area (Å²) in [5.41, 5.74) is 8.55. The van der Waals surface area contributed by atoms with Gasteiger partial charge in [-0.15, -0.1) is 0 Å². The van der Waals surface area contributed by atoms with Crippen molar-refractivity contribution in [1.82, 2.24) is 5.43 Å². The fourth-order valence-electron chi connectivity index (χ4n) is 2.50. The molecule has 20 heavy (non-hydrogen) atoms. The van der Waals surface area contributed by atoms with Gasteiger partial charge in [-0.2, -0.15) is 0 Å². The largest absolute Gasteiger partial charge is 0.271 e. The first kappa shape index (κ1) is 14.7. The van der Waals surface area contributed by atoms with Crippen molar-refractivity contribution in [2.45, 2.75) is 33.2 Å². The molecule has 0 spiro atoms. The van der Waals surface area contributed by atoms with Gasteiger partial charge >= 0.3 is 0 Å². The first-order valence-corrected chi connectivity index (χ1v) is 6.79. The van der Waals surface area contributed by atoms with E-state index in [2.05, 4.69) is 37.5 Å². The van der Waals surface area contributed by atoms with Crippen LogP contribution < -0.4 is 11.3 Å². The zero-order valence-electron chi connectivity index (χ0n) is 12.2. The molecule has 0 saturated heterocycles. The van der Waals surface area contributed by atoms with Crippen LogP contribution in [0, 0.1) is 26.6 Å². The zero-order valence-corrected chi connectivity index (χ0v) is 12.2. The summed E-state index contributed by atoms with van der Waals surface area (Å²) in [6.07, 6.45) is 0.743. The monoisotopic (exact) mass is 272 g/mol. The van der Waals surface area contributed by atoms with Gasteiger partial charge in [0.2, 0.25) is 0 Å². The van der Waals surface area contributed by atoms with E-state index in [1.165, 1.54) is 22.8 Å². The average Bonchev–Trinajstić information content (AvgIpc) is 2.41. The third-order valence-corrected chi connectivity index (χ3v) is 3.74. The molecule has 106 valence electrons. The van der Waals surface area contributed by atoms with Gasteiger partial charge < -0.3 is 0 Å². The van der Waals surface area contributed by atoms with E-state index >= 15 is 0 Å². The molecule has 0 fully saturated rings. The van der Waals surface area contributed by atoms with E-state index in [-0.39, 0.29) is 11.9 Å². The Morgan fingerprint density at radius 2 is 1.80 bits per heavy atom. The topological polar surface area (TPSA) is 38.0 Å². The molecule has 0 radical (unpaired) electrons. The van der Waals surface area contributed by atoms with E-state index < -0.39 is 0 Å². The lowest BCUT2D eigenvalue weighted by molar-refractivity contribution is 0.546. The number of nitrogens with one attached hydrogen (secondary N) is 1. The first-order valence-electron chi connectivity index (χ1n) is 6.79. The van der Waals surface area contributed by atoms with Gasteiger partial charge in [-0.1, -0.05) is 29.8 Å². The van der Waals surface area contributed by atoms with E-state index in [4.69, 9.17) is 5.84 Å². The number of benzene rings is 2. The SMILES string of the molecule is Cc1ccc(C)c(C(Cc2ccc(F)cc2C)NN)c1. The van der Waals surface area contributed by atoms with E-state index in [0.717, 1.165) is 17.5 Å². The maximum absolute atomic E-state index is 13.2. The molecule has 2 aromatic rings. The van der Waals surface area contributed by atoms with E-state index in [1.54, 1.807) is 6.07 Å². The minimum atomic E-state index is -0.199. The lowest BCUT2D eigenvalue weighted by atomic mass is 9.93. The molecule has 3 heteroatoms. The zero-order chi connectivity index (χ0) is 14.7. The van der Waals surface area contributed by atoms with Crippen molar-refractivity contribution >= 4 is 0 Å². The van der Waals surface area contributed by atoms with Crippen molar-refractivity contribution in [2.75, 3.05) is 0 Å². The summed E-state index contributed by atoms with van der Waals surface area (Å²) in [4.78, 5) is 0. The number of halogens is 1. The third-order valence-electron chi connectivity index (χ3n) is 3.74. The Labute approximate surface area is 119 Å². The molecule has 0 aliphatic heterocycles. The number of hydrogen-bond acceptors (Lipinski definition) is 2. The highest BCUT2D eigenvalue weighted by Gasteiger charge is 2.14.